The van der Waals surface area contributed by atoms with E-state index in [1.807, 2.05) is 23.8 Å². The Labute approximate surface area is 112 Å². The van der Waals surface area contributed by atoms with E-state index in [1.165, 1.54) is 0 Å². The number of aromatic nitrogens is 1. The highest BCUT2D eigenvalue weighted by Gasteiger charge is 2.24. The van der Waals surface area contributed by atoms with E-state index >= 15 is 0 Å². The van der Waals surface area contributed by atoms with E-state index in [-0.39, 0.29) is 17.7 Å². The second-order valence-corrected chi connectivity index (χ2v) is 4.82. The lowest BCUT2D eigenvalue weighted by atomic mass is 9.96. The summed E-state index contributed by atoms with van der Waals surface area (Å²) in [5, 5.41) is 2.82. The Morgan fingerprint density at radius 2 is 2.32 bits per heavy atom. The second-order valence-electron chi connectivity index (χ2n) is 4.82. The molecule has 1 atom stereocenters. The van der Waals surface area contributed by atoms with Gasteiger partial charge in [0.1, 0.15) is 6.04 Å². The summed E-state index contributed by atoms with van der Waals surface area (Å²) in [6.45, 7) is 2.85. The Hall–Kier alpha value is -1.62. The molecule has 5 nitrogen and oxygen atoms in total. The lowest BCUT2D eigenvalue weighted by molar-refractivity contribution is -0.124. The Bertz CT molecular complexity index is 479. The van der Waals surface area contributed by atoms with Crippen molar-refractivity contribution >= 4 is 11.7 Å². The molecule has 0 fully saturated rings. The van der Waals surface area contributed by atoms with E-state index in [4.69, 9.17) is 4.74 Å². The molecule has 1 aliphatic rings. The fourth-order valence-corrected chi connectivity index (χ4v) is 2.46. The van der Waals surface area contributed by atoms with Gasteiger partial charge < -0.3 is 14.6 Å². The second kappa shape index (κ2) is 6.02. The van der Waals surface area contributed by atoms with Crippen LogP contribution in [0.3, 0.4) is 0 Å². The molecule has 0 saturated carbocycles. The van der Waals surface area contributed by atoms with Crippen molar-refractivity contribution in [3.63, 3.8) is 0 Å². The van der Waals surface area contributed by atoms with Crippen LogP contribution in [0.15, 0.2) is 12.3 Å². The van der Waals surface area contributed by atoms with E-state index in [9.17, 15) is 9.59 Å². The summed E-state index contributed by atoms with van der Waals surface area (Å²) in [6.07, 6.45) is 4.19. The van der Waals surface area contributed by atoms with Gasteiger partial charge >= 0.3 is 0 Å². The first kappa shape index (κ1) is 13.8. The molecule has 1 aromatic rings. The van der Waals surface area contributed by atoms with Gasteiger partial charge in [0.2, 0.25) is 5.91 Å². The van der Waals surface area contributed by atoms with Crippen molar-refractivity contribution < 1.29 is 14.3 Å². The van der Waals surface area contributed by atoms with Crippen molar-refractivity contribution in [2.24, 2.45) is 0 Å². The summed E-state index contributed by atoms with van der Waals surface area (Å²) in [6, 6.07) is 1.53. The van der Waals surface area contributed by atoms with Crippen LogP contribution < -0.4 is 5.32 Å². The number of nitrogens with zero attached hydrogens (tertiary/aromatic N) is 1. The average Bonchev–Trinajstić information content (AvgIpc) is 2.83. The molecule has 5 heteroatoms. The van der Waals surface area contributed by atoms with Gasteiger partial charge in [-0.05, 0) is 25.8 Å². The number of Topliss-reactive ketones (excluding diaryl/α,β-unsaturated/α-hetero) is 1. The van der Waals surface area contributed by atoms with E-state index < -0.39 is 0 Å². The molecule has 1 N–H and O–H groups in total. The molecule has 1 aromatic heterocycles. The smallest absolute Gasteiger partial charge is 0.242 e. The maximum absolute atomic E-state index is 12.0. The number of nitrogens with one attached hydrogen (secondary N) is 1. The summed E-state index contributed by atoms with van der Waals surface area (Å²) in [5.74, 6) is 0.139. The van der Waals surface area contributed by atoms with Crippen molar-refractivity contribution in [3.8, 4) is 0 Å². The van der Waals surface area contributed by atoms with Gasteiger partial charge in [-0.3, -0.25) is 9.59 Å². The van der Waals surface area contributed by atoms with Gasteiger partial charge in [-0.15, -0.1) is 0 Å². The van der Waals surface area contributed by atoms with E-state index in [1.54, 1.807) is 7.11 Å². The number of hydrogen-bond acceptors (Lipinski definition) is 3. The molecule has 1 aliphatic carbocycles. The number of rotatable bonds is 5. The number of hydrogen-bond donors (Lipinski definition) is 1. The minimum atomic E-state index is -0.300. The summed E-state index contributed by atoms with van der Waals surface area (Å²) in [5.41, 5.74) is 1.77. The molecule has 0 bridgehead atoms. The van der Waals surface area contributed by atoms with Crippen LogP contribution in [0.1, 0.15) is 41.9 Å². The lowest BCUT2D eigenvalue weighted by Crippen LogP contribution is -2.33. The van der Waals surface area contributed by atoms with E-state index in [0.717, 1.165) is 24.1 Å². The molecule has 0 aromatic carbocycles. The van der Waals surface area contributed by atoms with Crippen LogP contribution in [0.4, 0.5) is 0 Å². The molecule has 1 amide bonds. The van der Waals surface area contributed by atoms with Crippen LogP contribution in [0.25, 0.3) is 0 Å². The number of carbonyl (C=O) groups excluding carboxylic acids is 2. The normalized spacial score (nSPS) is 16.0. The Kier molecular flexibility index (Phi) is 4.37. The van der Waals surface area contributed by atoms with Crippen LogP contribution in [0, 0.1) is 0 Å². The third-order valence-electron chi connectivity index (χ3n) is 3.54. The van der Waals surface area contributed by atoms with E-state index in [0.29, 0.717) is 19.6 Å². The number of methoxy groups -OCH3 is 1. The predicted octanol–water partition coefficient (Wildman–Crippen LogP) is 1.33. The van der Waals surface area contributed by atoms with Gasteiger partial charge in [0.05, 0.1) is 6.61 Å². The van der Waals surface area contributed by atoms with Crippen LogP contribution in [0.5, 0.6) is 0 Å². The quantitative estimate of drug-likeness (QED) is 0.816. The predicted molar refractivity (Wildman–Crippen MR) is 71.3 cm³/mol. The standard InChI is InChI=1S/C14H20N2O3/c1-10(14(18)15-7-9-19-2)16-8-6-11-12(16)4-3-5-13(11)17/h6,8,10H,3-5,7,9H2,1-2H3,(H,15,18). The summed E-state index contributed by atoms with van der Waals surface area (Å²) in [7, 11) is 1.60. The average molecular weight is 264 g/mol. The molecule has 0 aliphatic heterocycles. The molecule has 0 spiro atoms. The van der Waals surface area contributed by atoms with Gasteiger partial charge in [-0.1, -0.05) is 0 Å². The highest BCUT2D eigenvalue weighted by molar-refractivity contribution is 5.98. The maximum atomic E-state index is 12.0. The number of carbonyl (C=O) groups is 2. The fourth-order valence-electron chi connectivity index (χ4n) is 2.46. The monoisotopic (exact) mass is 264 g/mol. The van der Waals surface area contributed by atoms with Crippen molar-refractivity contribution in [2.75, 3.05) is 20.3 Å². The molecule has 104 valence electrons. The van der Waals surface area contributed by atoms with Gasteiger partial charge in [0.25, 0.3) is 0 Å². The number of ketones is 1. The Morgan fingerprint density at radius 1 is 1.53 bits per heavy atom. The first-order valence-electron chi connectivity index (χ1n) is 6.64. The molecule has 2 rings (SSSR count). The zero-order valence-corrected chi connectivity index (χ0v) is 11.4. The fraction of sp³-hybridized carbons (Fsp3) is 0.571. The first-order chi connectivity index (χ1) is 9.15. The molecular formula is C14H20N2O3. The minimum absolute atomic E-state index is 0.0477. The van der Waals surface area contributed by atoms with Gasteiger partial charge in [-0.25, -0.2) is 0 Å². The van der Waals surface area contributed by atoms with Crippen molar-refractivity contribution in [1.29, 1.82) is 0 Å². The third-order valence-corrected chi connectivity index (χ3v) is 3.54. The minimum Gasteiger partial charge on any atom is -0.383 e. The molecule has 1 heterocycles. The van der Waals surface area contributed by atoms with Crippen LogP contribution >= 0.6 is 0 Å². The van der Waals surface area contributed by atoms with Gasteiger partial charge in [0, 0.05) is 37.5 Å². The summed E-state index contributed by atoms with van der Waals surface area (Å²) in [4.78, 5) is 23.8. The SMILES string of the molecule is COCCNC(=O)C(C)n1ccc2c1CCCC2=O. The lowest BCUT2D eigenvalue weighted by Gasteiger charge is -2.20. The third kappa shape index (κ3) is 2.87. The largest absolute Gasteiger partial charge is 0.383 e. The highest BCUT2D eigenvalue weighted by Crippen LogP contribution is 2.25. The van der Waals surface area contributed by atoms with Crippen molar-refractivity contribution in [3.05, 3.63) is 23.5 Å². The zero-order valence-electron chi connectivity index (χ0n) is 11.4. The molecule has 1 unspecified atom stereocenters. The molecule has 0 radical (unpaired) electrons. The Balaban J connectivity index is 2.09. The highest BCUT2D eigenvalue weighted by atomic mass is 16.5. The molecular weight excluding hydrogens is 244 g/mol. The number of amides is 1. The first-order valence-corrected chi connectivity index (χ1v) is 6.64. The van der Waals surface area contributed by atoms with E-state index in [2.05, 4.69) is 5.32 Å². The van der Waals surface area contributed by atoms with Gasteiger partial charge in [0.15, 0.2) is 5.78 Å². The summed E-state index contributed by atoms with van der Waals surface area (Å²) < 4.78 is 6.81. The molecule has 0 saturated heterocycles. The van der Waals surface area contributed by atoms with Crippen LogP contribution in [-0.4, -0.2) is 36.5 Å². The number of ether oxygens (including phenoxy) is 1. The maximum Gasteiger partial charge on any atom is 0.242 e. The molecule has 19 heavy (non-hydrogen) atoms. The van der Waals surface area contributed by atoms with Crippen LogP contribution in [-0.2, 0) is 16.0 Å². The van der Waals surface area contributed by atoms with Crippen molar-refractivity contribution in [2.45, 2.75) is 32.2 Å². The van der Waals surface area contributed by atoms with Gasteiger partial charge in [-0.2, -0.15) is 0 Å². The summed E-state index contributed by atoms with van der Waals surface area (Å²) >= 11 is 0. The number of fused-ring (bicyclic) bond motifs is 1. The Morgan fingerprint density at radius 3 is 3.05 bits per heavy atom. The van der Waals surface area contributed by atoms with Crippen LogP contribution in [0.2, 0.25) is 0 Å². The zero-order chi connectivity index (χ0) is 13.8. The topological polar surface area (TPSA) is 60.3 Å². The van der Waals surface area contributed by atoms with Crippen molar-refractivity contribution in [1.82, 2.24) is 9.88 Å².